The Morgan fingerprint density at radius 3 is 2.72 bits per heavy atom. The number of anilines is 1. The number of rotatable bonds is 5. The molecule has 0 aliphatic rings. The van der Waals surface area contributed by atoms with E-state index in [1.807, 2.05) is 55.5 Å². The molecule has 0 fully saturated rings. The van der Waals surface area contributed by atoms with Crippen LogP contribution in [-0.2, 0) is 22.6 Å². The van der Waals surface area contributed by atoms with Crippen molar-refractivity contribution < 1.29 is 9.53 Å². The highest BCUT2D eigenvalue weighted by molar-refractivity contribution is 5.94. The Morgan fingerprint density at radius 2 is 1.92 bits per heavy atom. The number of benzene rings is 2. The largest absolute Gasteiger partial charge is 0.380 e. The van der Waals surface area contributed by atoms with Crippen LogP contribution >= 0.6 is 0 Å². The first kappa shape index (κ1) is 17.1. The average Bonchev–Trinajstić information content (AvgIpc) is 2.59. The maximum atomic E-state index is 12.5. The molecule has 4 heteroatoms. The summed E-state index contributed by atoms with van der Waals surface area (Å²) in [6.07, 6.45) is 0.310. The van der Waals surface area contributed by atoms with E-state index in [0.29, 0.717) is 13.0 Å². The topological polar surface area (TPSA) is 51.2 Å². The molecule has 1 heterocycles. The van der Waals surface area contributed by atoms with E-state index in [-0.39, 0.29) is 5.91 Å². The molecule has 25 heavy (non-hydrogen) atoms. The van der Waals surface area contributed by atoms with Gasteiger partial charge in [0.15, 0.2) is 0 Å². The Morgan fingerprint density at radius 1 is 1.12 bits per heavy atom. The fraction of sp³-hybridized carbons (Fsp3) is 0.238. The number of fused-ring (bicyclic) bond motifs is 1. The molecule has 0 saturated carbocycles. The lowest BCUT2D eigenvalue weighted by atomic mass is 9.99. The molecule has 2 aromatic carbocycles. The molecule has 0 aliphatic heterocycles. The van der Waals surface area contributed by atoms with E-state index in [0.717, 1.165) is 39.0 Å². The summed E-state index contributed by atoms with van der Waals surface area (Å²) in [5.41, 5.74) is 5.78. The number of pyridine rings is 1. The van der Waals surface area contributed by atoms with Crippen LogP contribution in [-0.4, -0.2) is 18.0 Å². The first-order valence-corrected chi connectivity index (χ1v) is 8.31. The van der Waals surface area contributed by atoms with Crippen molar-refractivity contribution >= 4 is 22.5 Å². The molecule has 1 aromatic heterocycles. The van der Waals surface area contributed by atoms with Crippen LogP contribution < -0.4 is 5.32 Å². The van der Waals surface area contributed by atoms with Gasteiger partial charge >= 0.3 is 0 Å². The molecule has 1 amide bonds. The van der Waals surface area contributed by atoms with Crippen molar-refractivity contribution in [3.05, 3.63) is 70.9 Å². The Labute approximate surface area is 147 Å². The first-order chi connectivity index (χ1) is 12.1. The zero-order valence-corrected chi connectivity index (χ0v) is 14.8. The van der Waals surface area contributed by atoms with Gasteiger partial charge in [0.05, 0.1) is 18.5 Å². The van der Waals surface area contributed by atoms with Crippen LogP contribution in [0.1, 0.15) is 22.4 Å². The third-order valence-corrected chi connectivity index (χ3v) is 4.34. The molecular weight excluding hydrogens is 312 g/mol. The van der Waals surface area contributed by atoms with Gasteiger partial charge in [-0.1, -0.05) is 30.3 Å². The van der Waals surface area contributed by atoms with E-state index in [4.69, 9.17) is 4.74 Å². The van der Waals surface area contributed by atoms with Gasteiger partial charge in [-0.2, -0.15) is 0 Å². The van der Waals surface area contributed by atoms with Gasteiger partial charge < -0.3 is 10.1 Å². The molecule has 0 radical (unpaired) electrons. The van der Waals surface area contributed by atoms with Crippen LogP contribution in [0.3, 0.4) is 0 Å². The summed E-state index contributed by atoms with van der Waals surface area (Å²) in [5.74, 6) is -0.0437. The number of nitrogens with one attached hydrogen (secondary N) is 1. The molecule has 0 atom stereocenters. The van der Waals surface area contributed by atoms with Crippen LogP contribution in [0.5, 0.6) is 0 Å². The summed E-state index contributed by atoms with van der Waals surface area (Å²) in [5, 5.41) is 4.06. The number of amides is 1. The van der Waals surface area contributed by atoms with E-state index in [2.05, 4.69) is 17.2 Å². The second kappa shape index (κ2) is 7.45. The minimum absolute atomic E-state index is 0.0437. The fourth-order valence-electron chi connectivity index (χ4n) is 3.10. The molecule has 1 N–H and O–H groups in total. The number of hydrogen-bond acceptors (Lipinski definition) is 3. The molecular formula is C21H22N2O2. The Kier molecular flexibility index (Phi) is 5.10. The highest BCUT2D eigenvalue weighted by atomic mass is 16.5. The third-order valence-electron chi connectivity index (χ3n) is 4.34. The maximum Gasteiger partial charge on any atom is 0.228 e. The van der Waals surface area contributed by atoms with Crippen molar-refractivity contribution in [2.75, 3.05) is 12.4 Å². The monoisotopic (exact) mass is 334 g/mol. The zero-order valence-electron chi connectivity index (χ0n) is 14.8. The minimum Gasteiger partial charge on any atom is -0.380 e. The second-order valence-corrected chi connectivity index (χ2v) is 6.18. The van der Waals surface area contributed by atoms with Gasteiger partial charge in [0.25, 0.3) is 0 Å². The summed E-state index contributed by atoms with van der Waals surface area (Å²) in [6, 6.07) is 15.7. The molecule has 0 spiro atoms. The first-order valence-electron chi connectivity index (χ1n) is 8.31. The maximum absolute atomic E-state index is 12.5. The highest BCUT2D eigenvalue weighted by Gasteiger charge is 2.13. The van der Waals surface area contributed by atoms with Crippen molar-refractivity contribution in [1.29, 1.82) is 0 Å². The Hall–Kier alpha value is -2.72. The molecule has 0 unspecified atom stereocenters. The van der Waals surface area contributed by atoms with E-state index in [9.17, 15) is 4.79 Å². The molecule has 0 aliphatic carbocycles. The number of methoxy groups -OCH3 is 1. The van der Waals surface area contributed by atoms with Crippen LogP contribution in [0.2, 0.25) is 0 Å². The molecule has 128 valence electrons. The van der Waals surface area contributed by atoms with Gasteiger partial charge in [-0.15, -0.1) is 0 Å². The third kappa shape index (κ3) is 3.86. The summed E-state index contributed by atoms with van der Waals surface area (Å²) in [7, 11) is 1.66. The number of aryl methyl sites for hydroxylation is 2. The van der Waals surface area contributed by atoms with E-state index in [1.165, 1.54) is 0 Å². The molecule has 0 bridgehead atoms. The lowest BCUT2D eigenvalue weighted by Gasteiger charge is -2.13. The average molecular weight is 334 g/mol. The summed E-state index contributed by atoms with van der Waals surface area (Å²) in [4.78, 5) is 17.2. The number of nitrogens with zero attached hydrogens (tertiary/aromatic N) is 1. The number of carbonyl (C=O) groups excluding carboxylic acids is 1. The quantitative estimate of drug-likeness (QED) is 0.761. The van der Waals surface area contributed by atoms with Crippen LogP contribution in [0.25, 0.3) is 10.9 Å². The van der Waals surface area contributed by atoms with E-state index < -0.39 is 0 Å². The Balaban J connectivity index is 1.81. The van der Waals surface area contributed by atoms with Gasteiger partial charge in [0.1, 0.15) is 0 Å². The highest BCUT2D eigenvalue weighted by Crippen LogP contribution is 2.23. The fourth-order valence-corrected chi connectivity index (χ4v) is 3.10. The summed E-state index contributed by atoms with van der Waals surface area (Å²) < 4.78 is 5.13. The van der Waals surface area contributed by atoms with Crippen LogP contribution in [0, 0.1) is 13.8 Å². The van der Waals surface area contributed by atoms with Gasteiger partial charge in [0, 0.05) is 23.9 Å². The SMILES string of the molecule is COCc1cccc(NC(=O)Cc2c(C)nc3ccccc3c2C)c1. The van der Waals surface area contributed by atoms with Crippen molar-refractivity contribution in [3.8, 4) is 0 Å². The lowest BCUT2D eigenvalue weighted by molar-refractivity contribution is -0.115. The van der Waals surface area contributed by atoms with E-state index >= 15 is 0 Å². The van der Waals surface area contributed by atoms with Gasteiger partial charge in [0.2, 0.25) is 5.91 Å². The molecule has 3 aromatic rings. The standard InChI is InChI=1S/C21H22N2O2/c1-14-18-9-4-5-10-20(18)22-15(2)19(14)12-21(24)23-17-8-6-7-16(11-17)13-25-3/h4-11H,12-13H2,1-3H3,(H,23,24). The molecule has 4 nitrogen and oxygen atoms in total. The predicted octanol–water partition coefficient (Wildman–Crippen LogP) is 4.18. The lowest BCUT2D eigenvalue weighted by Crippen LogP contribution is -2.16. The zero-order chi connectivity index (χ0) is 17.8. The van der Waals surface area contributed by atoms with E-state index in [1.54, 1.807) is 7.11 Å². The van der Waals surface area contributed by atoms with Crippen LogP contribution in [0.15, 0.2) is 48.5 Å². The number of ether oxygens (including phenoxy) is 1. The smallest absolute Gasteiger partial charge is 0.228 e. The van der Waals surface area contributed by atoms with Crippen molar-refractivity contribution in [3.63, 3.8) is 0 Å². The Bertz CT molecular complexity index is 919. The molecule has 3 rings (SSSR count). The van der Waals surface area contributed by atoms with Gasteiger partial charge in [-0.3, -0.25) is 9.78 Å². The predicted molar refractivity (Wildman–Crippen MR) is 101 cm³/mol. The summed E-state index contributed by atoms with van der Waals surface area (Å²) in [6.45, 7) is 4.54. The summed E-state index contributed by atoms with van der Waals surface area (Å²) >= 11 is 0. The van der Waals surface area contributed by atoms with Crippen LogP contribution in [0.4, 0.5) is 5.69 Å². The molecule has 0 saturated heterocycles. The van der Waals surface area contributed by atoms with Crippen molar-refractivity contribution in [1.82, 2.24) is 4.98 Å². The van der Waals surface area contributed by atoms with Gasteiger partial charge in [-0.25, -0.2) is 0 Å². The number of para-hydroxylation sites is 1. The normalized spacial score (nSPS) is 10.8. The number of aromatic nitrogens is 1. The van der Waals surface area contributed by atoms with Gasteiger partial charge in [-0.05, 0) is 48.7 Å². The second-order valence-electron chi connectivity index (χ2n) is 6.18. The van der Waals surface area contributed by atoms with Crippen molar-refractivity contribution in [2.45, 2.75) is 26.9 Å². The number of carbonyl (C=O) groups is 1. The van der Waals surface area contributed by atoms with Crippen molar-refractivity contribution in [2.24, 2.45) is 0 Å². The number of hydrogen-bond donors (Lipinski definition) is 1. The minimum atomic E-state index is -0.0437.